The van der Waals surface area contributed by atoms with E-state index in [0.717, 1.165) is 58.0 Å². The van der Waals surface area contributed by atoms with Gasteiger partial charge in [-0.1, -0.05) is 48.5 Å². The Bertz CT molecular complexity index is 1480. The highest BCUT2D eigenvalue weighted by atomic mass is 19.4. The summed E-state index contributed by atoms with van der Waals surface area (Å²) in [4.78, 5) is 12.7. The number of halogens is 3. The summed E-state index contributed by atoms with van der Waals surface area (Å²) in [7, 11) is 0. The van der Waals surface area contributed by atoms with E-state index >= 15 is 0 Å². The molecule has 0 heterocycles. The van der Waals surface area contributed by atoms with Crippen LogP contribution >= 0.6 is 0 Å². The van der Waals surface area contributed by atoms with Crippen LogP contribution in [0.15, 0.2) is 78.9 Å². The van der Waals surface area contributed by atoms with Gasteiger partial charge in [0.15, 0.2) is 0 Å². The van der Waals surface area contributed by atoms with Crippen molar-refractivity contribution in [3.8, 4) is 22.3 Å². The van der Waals surface area contributed by atoms with Gasteiger partial charge in [0.25, 0.3) is 0 Å². The maximum Gasteiger partial charge on any atom is 0.416 e. The van der Waals surface area contributed by atoms with Crippen molar-refractivity contribution in [2.75, 3.05) is 13.2 Å². The lowest BCUT2D eigenvalue weighted by Gasteiger charge is -2.17. The minimum absolute atomic E-state index is 0.00425. The van der Waals surface area contributed by atoms with E-state index in [2.05, 4.69) is 12.1 Å². The zero-order valence-electron chi connectivity index (χ0n) is 21.5. The predicted molar refractivity (Wildman–Crippen MR) is 146 cm³/mol. The van der Waals surface area contributed by atoms with Gasteiger partial charge < -0.3 is 15.6 Å². The van der Waals surface area contributed by atoms with E-state index < -0.39 is 17.7 Å². The van der Waals surface area contributed by atoms with Gasteiger partial charge in [-0.25, -0.2) is 4.79 Å². The van der Waals surface area contributed by atoms with Gasteiger partial charge in [-0.2, -0.15) is 13.2 Å². The monoisotopic (exact) mass is 533 g/mol. The maximum atomic E-state index is 13.0. The Morgan fingerprint density at radius 2 is 1.59 bits per heavy atom. The number of fused-ring (bicyclic) bond motifs is 1. The molecule has 1 fully saturated rings. The number of ether oxygens (including phenoxy) is 1. The zero-order valence-corrected chi connectivity index (χ0v) is 21.5. The lowest BCUT2D eigenvalue weighted by molar-refractivity contribution is -0.137. The van der Waals surface area contributed by atoms with E-state index in [0.29, 0.717) is 11.1 Å². The average molecular weight is 534 g/mol. The number of rotatable bonds is 6. The van der Waals surface area contributed by atoms with Crippen molar-refractivity contribution in [2.24, 2.45) is 11.7 Å². The number of benzene rings is 4. The van der Waals surface area contributed by atoms with Crippen LogP contribution in [0.4, 0.5) is 13.2 Å². The van der Waals surface area contributed by atoms with Crippen LogP contribution in [0, 0.1) is 5.92 Å². The molecule has 0 radical (unpaired) electrons. The quantitative estimate of drug-likeness (QED) is 0.258. The Labute approximate surface area is 225 Å². The third-order valence-electron chi connectivity index (χ3n) is 7.63. The standard InChI is InChI=1S/C32H30F3NO3/c1-2-39-31(38)25-16-24-15-23(20-7-10-26(11-8-20)32(33,34)35)9-12-27(24)28(17-25)21-3-5-22(6-4-21)29-13-19(18-37)14-30(29)36/h3-12,15-17,19,29-30,37H,2,13-14,18,36H2,1H3/t19-,29+,30-/m1/s1. The molecule has 1 saturated carbocycles. The third kappa shape index (κ3) is 5.56. The molecule has 7 heteroatoms. The second kappa shape index (κ2) is 10.8. The second-order valence-corrected chi connectivity index (χ2v) is 10.2. The Hall–Kier alpha value is -3.68. The van der Waals surface area contributed by atoms with Crippen LogP contribution in [0.1, 0.15) is 47.2 Å². The van der Waals surface area contributed by atoms with Crippen LogP contribution in [0.2, 0.25) is 0 Å². The number of nitrogens with two attached hydrogens (primary N) is 1. The Kier molecular flexibility index (Phi) is 7.47. The van der Waals surface area contributed by atoms with Crippen LogP contribution in [-0.4, -0.2) is 30.3 Å². The molecule has 39 heavy (non-hydrogen) atoms. The van der Waals surface area contributed by atoms with E-state index in [4.69, 9.17) is 10.5 Å². The fraction of sp³-hybridized carbons (Fsp3) is 0.281. The molecule has 5 rings (SSSR count). The maximum absolute atomic E-state index is 13.0. The van der Waals surface area contributed by atoms with Crippen molar-refractivity contribution in [2.45, 2.75) is 37.9 Å². The van der Waals surface area contributed by atoms with Crippen molar-refractivity contribution in [1.82, 2.24) is 0 Å². The average Bonchev–Trinajstić information content (AvgIpc) is 3.32. The van der Waals surface area contributed by atoms with Gasteiger partial charge >= 0.3 is 12.1 Å². The number of aliphatic hydroxyl groups is 1. The van der Waals surface area contributed by atoms with Gasteiger partial charge in [-0.15, -0.1) is 0 Å². The first-order valence-corrected chi connectivity index (χ1v) is 13.1. The molecule has 3 N–H and O–H groups in total. The van der Waals surface area contributed by atoms with Gasteiger partial charge in [-0.3, -0.25) is 0 Å². The minimum Gasteiger partial charge on any atom is -0.462 e. The van der Waals surface area contributed by atoms with Gasteiger partial charge in [0.05, 0.1) is 17.7 Å². The van der Waals surface area contributed by atoms with Crippen LogP contribution in [0.3, 0.4) is 0 Å². The predicted octanol–water partition coefficient (Wildman–Crippen LogP) is 7.18. The molecule has 3 atom stereocenters. The lowest BCUT2D eigenvalue weighted by atomic mass is 9.90. The first-order valence-electron chi connectivity index (χ1n) is 13.1. The van der Waals surface area contributed by atoms with Crippen LogP contribution in [-0.2, 0) is 10.9 Å². The first kappa shape index (κ1) is 26.9. The first-order chi connectivity index (χ1) is 18.7. The molecule has 0 bridgehead atoms. The number of esters is 1. The number of hydrogen-bond acceptors (Lipinski definition) is 4. The second-order valence-electron chi connectivity index (χ2n) is 10.2. The van der Waals surface area contributed by atoms with E-state index in [1.807, 2.05) is 36.4 Å². The SMILES string of the molecule is CCOC(=O)c1cc(-c2ccc([C@@H]3C[C@@H](CO)C[C@H]3N)cc2)c2ccc(-c3ccc(C(F)(F)F)cc3)cc2c1. The third-order valence-corrected chi connectivity index (χ3v) is 7.63. The number of aliphatic hydroxyl groups excluding tert-OH is 1. The molecule has 4 aromatic rings. The van der Waals surface area contributed by atoms with Crippen LogP contribution in [0.25, 0.3) is 33.0 Å². The minimum atomic E-state index is -4.40. The molecule has 0 aromatic heterocycles. The molecule has 1 aliphatic carbocycles. The molecule has 0 unspecified atom stereocenters. The normalized spacial score (nSPS) is 19.4. The summed E-state index contributed by atoms with van der Waals surface area (Å²) in [6.07, 6.45) is -2.74. The Morgan fingerprint density at radius 3 is 2.21 bits per heavy atom. The van der Waals surface area contributed by atoms with Crippen molar-refractivity contribution < 1.29 is 27.8 Å². The molecule has 202 valence electrons. The van der Waals surface area contributed by atoms with E-state index in [1.54, 1.807) is 13.0 Å². The highest BCUT2D eigenvalue weighted by molar-refractivity contribution is 6.04. The largest absolute Gasteiger partial charge is 0.462 e. The van der Waals surface area contributed by atoms with Crippen molar-refractivity contribution in [3.63, 3.8) is 0 Å². The van der Waals surface area contributed by atoms with Crippen molar-refractivity contribution >= 4 is 16.7 Å². The van der Waals surface area contributed by atoms with Crippen LogP contribution in [0.5, 0.6) is 0 Å². The smallest absolute Gasteiger partial charge is 0.416 e. The van der Waals surface area contributed by atoms with Gasteiger partial charge in [0, 0.05) is 12.6 Å². The van der Waals surface area contributed by atoms with E-state index in [9.17, 15) is 23.1 Å². The number of carbonyl (C=O) groups is 1. The Morgan fingerprint density at radius 1 is 0.923 bits per heavy atom. The highest BCUT2D eigenvalue weighted by Gasteiger charge is 2.32. The fourth-order valence-electron chi connectivity index (χ4n) is 5.59. The van der Waals surface area contributed by atoms with E-state index in [1.165, 1.54) is 12.1 Å². The van der Waals surface area contributed by atoms with Gasteiger partial charge in [0.2, 0.25) is 0 Å². The fourth-order valence-corrected chi connectivity index (χ4v) is 5.59. The summed E-state index contributed by atoms with van der Waals surface area (Å²) in [6, 6.07) is 22.4. The summed E-state index contributed by atoms with van der Waals surface area (Å²) >= 11 is 0. The summed E-state index contributed by atoms with van der Waals surface area (Å²) in [5.41, 5.74) is 10.3. The topological polar surface area (TPSA) is 72.5 Å². The summed E-state index contributed by atoms with van der Waals surface area (Å²) < 4.78 is 44.3. The van der Waals surface area contributed by atoms with Crippen molar-refractivity contribution in [1.29, 1.82) is 0 Å². The van der Waals surface area contributed by atoms with Crippen LogP contribution < -0.4 is 5.73 Å². The molecular weight excluding hydrogens is 503 g/mol. The molecule has 0 spiro atoms. The molecular formula is C32H30F3NO3. The lowest BCUT2D eigenvalue weighted by Crippen LogP contribution is -2.22. The summed E-state index contributed by atoms with van der Waals surface area (Å²) in [5, 5.41) is 11.2. The number of hydrogen-bond donors (Lipinski definition) is 2. The van der Waals surface area contributed by atoms with E-state index in [-0.39, 0.29) is 31.1 Å². The van der Waals surface area contributed by atoms with Gasteiger partial charge in [-0.05, 0) is 101 Å². The Balaban J connectivity index is 1.55. The number of carbonyl (C=O) groups excluding carboxylic acids is 1. The van der Waals surface area contributed by atoms with Crippen molar-refractivity contribution in [3.05, 3.63) is 95.6 Å². The number of alkyl halides is 3. The molecule has 0 aliphatic heterocycles. The molecule has 0 saturated heterocycles. The molecule has 1 aliphatic rings. The molecule has 4 aromatic carbocycles. The highest BCUT2D eigenvalue weighted by Crippen LogP contribution is 2.39. The molecule has 4 nitrogen and oxygen atoms in total. The van der Waals surface area contributed by atoms with Gasteiger partial charge in [0.1, 0.15) is 0 Å². The molecule has 0 amide bonds. The zero-order chi connectivity index (χ0) is 27.7. The summed E-state index contributed by atoms with van der Waals surface area (Å²) in [5.74, 6) is -0.0389. The summed E-state index contributed by atoms with van der Waals surface area (Å²) in [6.45, 7) is 2.13.